The maximum atomic E-state index is 1.62. The highest BCUT2D eigenvalue weighted by molar-refractivity contribution is 4.98. The summed E-state index contributed by atoms with van der Waals surface area (Å²) in [6.07, 6.45) is 9.53. The molecular formula is C10H16. The van der Waals surface area contributed by atoms with Crippen LogP contribution >= 0.6 is 0 Å². The average Bonchev–Trinajstić information content (AvgIpc) is 2.60. The van der Waals surface area contributed by atoms with E-state index < -0.39 is 0 Å². The molecule has 56 valence electrons. The maximum Gasteiger partial charge on any atom is -0.0355 e. The van der Waals surface area contributed by atoms with Crippen molar-refractivity contribution in [1.29, 1.82) is 0 Å². The molecule has 0 heteroatoms. The van der Waals surface area contributed by atoms with Crippen molar-refractivity contribution in [3.63, 3.8) is 0 Å². The highest BCUT2D eigenvalue weighted by atomic mass is 14.5. The Bertz CT molecular complexity index is 134. The SMILES string of the molecule is C1CC2C3CC[C@H](C3)C2C1. The molecule has 0 nitrogen and oxygen atoms in total. The molecule has 0 aromatic carbocycles. The zero-order chi connectivity index (χ0) is 6.55. The van der Waals surface area contributed by atoms with Gasteiger partial charge < -0.3 is 0 Å². The lowest BCUT2D eigenvalue weighted by molar-refractivity contribution is 0.259. The van der Waals surface area contributed by atoms with E-state index in [9.17, 15) is 0 Å². The molecule has 3 fully saturated rings. The van der Waals surface area contributed by atoms with E-state index in [-0.39, 0.29) is 0 Å². The minimum atomic E-state index is 1.19. The molecule has 3 unspecified atom stereocenters. The third kappa shape index (κ3) is 0.538. The summed E-state index contributed by atoms with van der Waals surface area (Å²) in [4.78, 5) is 0. The summed E-state index contributed by atoms with van der Waals surface area (Å²) in [5, 5.41) is 0. The lowest BCUT2D eigenvalue weighted by Gasteiger charge is -2.23. The van der Waals surface area contributed by atoms with Gasteiger partial charge in [0.15, 0.2) is 0 Å². The van der Waals surface area contributed by atoms with Gasteiger partial charge in [0.25, 0.3) is 0 Å². The van der Waals surface area contributed by atoms with Gasteiger partial charge in [-0.25, -0.2) is 0 Å². The fraction of sp³-hybridized carbons (Fsp3) is 1.00. The summed E-state index contributed by atoms with van der Waals surface area (Å²) in [6.45, 7) is 0. The molecule has 0 amide bonds. The van der Waals surface area contributed by atoms with E-state index in [0.717, 1.165) is 0 Å². The molecule has 3 rings (SSSR count). The quantitative estimate of drug-likeness (QED) is 0.480. The number of rotatable bonds is 0. The normalized spacial score (nSPS) is 57.6. The summed E-state index contributed by atoms with van der Waals surface area (Å²) in [7, 11) is 0. The maximum absolute atomic E-state index is 1.62. The molecule has 3 saturated carbocycles. The van der Waals surface area contributed by atoms with Crippen LogP contribution in [0.2, 0.25) is 0 Å². The molecule has 10 heavy (non-hydrogen) atoms. The Balaban J connectivity index is 1.92. The molecule has 0 aliphatic heterocycles. The van der Waals surface area contributed by atoms with Gasteiger partial charge in [-0.1, -0.05) is 6.42 Å². The Hall–Kier alpha value is 0. The summed E-state index contributed by atoms with van der Waals surface area (Å²) in [5.41, 5.74) is 0. The fourth-order valence-corrected chi connectivity index (χ4v) is 4.02. The lowest BCUT2D eigenvalue weighted by atomic mass is 9.82. The first-order valence-electron chi connectivity index (χ1n) is 4.95. The van der Waals surface area contributed by atoms with Crippen molar-refractivity contribution < 1.29 is 0 Å². The monoisotopic (exact) mass is 136 g/mol. The first-order chi connectivity index (χ1) is 4.95. The van der Waals surface area contributed by atoms with Crippen LogP contribution in [0.25, 0.3) is 0 Å². The minimum absolute atomic E-state index is 1.19. The van der Waals surface area contributed by atoms with Crippen molar-refractivity contribution in [3.05, 3.63) is 0 Å². The molecule has 0 saturated heterocycles. The van der Waals surface area contributed by atoms with Crippen LogP contribution in [0.1, 0.15) is 38.5 Å². The Morgan fingerprint density at radius 3 is 1.90 bits per heavy atom. The average molecular weight is 136 g/mol. The standard InChI is InChI=1S/C10H16/c1-2-9-7-4-5-8(6-7)10(9)3-1/h7-10H,1-6H2/t7-,8?,9?,10?/m1/s1. The van der Waals surface area contributed by atoms with E-state index in [1.165, 1.54) is 23.7 Å². The molecule has 4 atom stereocenters. The van der Waals surface area contributed by atoms with E-state index in [1.54, 1.807) is 38.5 Å². The van der Waals surface area contributed by atoms with Crippen LogP contribution in [-0.2, 0) is 0 Å². The first-order valence-corrected chi connectivity index (χ1v) is 4.95. The molecule has 0 aromatic rings. The van der Waals surface area contributed by atoms with Gasteiger partial charge in [0, 0.05) is 0 Å². The molecule has 2 bridgehead atoms. The van der Waals surface area contributed by atoms with E-state index in [4.69, 9.17) is 0 Å². The first kappa shape index (κ1) is 5.62. The Morgan fingerprint density at radius 1 is 0.700 bits per heavy atom. The van der Waals surface area contributed by atoms with Crippen LogP contribution in [0.5, 0.6) is 0 Å². The molecular weight excluding hydrogens is 120 g/mol. The summed E-state index contributed by atoms with van der Waals surface area (Å²) in [5.74, 6) is 4.80. The molecule has 0 spiro atoms. The number of hydrogen-bond donors (Lipinski definition) is 0. The number of hydrogen-bond acceptors (Lipinski definition) is 0. The molecule has 0 N–H and O–H groups in total. The predicted octanol–water partition coefficient (Wildman–Crippen LogP) is 2.83. The van der Waals surface area contributed by atoms with Crippen molar-refractivity contribution in [2.75, 3.05) is 0 Å². The number of fused-ring (bicyclic) bond motifs is 5. The van der Waals surface area contributed by atoms with Gasteiger partial charge in [0.05, 0.1) is 0 Å². The minimum Gasteiger partial charge on any atom is -0.0527 e. The van der Waals surface area contributed by atoms with E-state index in [1.807, 2.05) is 0 Å². The zero-order valence-corrected chi connectivity index (χ0v) is 6.55. The second-order valence-corrected chi connectivity index (χ2v) is 4.59. The van der Waals surface area contributed by atoms with Crippen LogP contribution in [-0.4, -0.2) is 0 Å². The molecule has 0 aromatic heterocycles. The van der Waals surface area contributed by atoms with Crippen molar-refractivity contribution in [2.45, 2.75) is 38.5 Å². The second-order valence-electron chi connectivity index (χ2n) is 4.59. The van der Waals surface area contributed by atoms with E-state index in [2.05, 4.69) is 0 Å². The van der Waals surface area contributed by atoms with Gasteiger partial charge >= 0.3 is 0 Å². The Kier molecular flexibility index (Phi) is 1.00. The van der Waals surface area contributed by atoms with E-state index >= 15 is 0 Å². The van der Waals surface area contributed by atoms with Gasteiger partial charge in [-0.3, -0.25) is 0 Å². The Labute approximate surface area is 63.0 Å². The van der Waals surface area contributed by atoms with Gasteiger partial charge in [0.1, 0.15) is 0 Å². The van der Waals surface area contributed by atoms with Crippen LogP contribution in [0.4, 0.5) is 0 Å². The van der Waals surface area contributed by atoms with Gasteiger partial charge in [-0.05, 0) is 55.8 Å². The summed E-state index contributed by atoms with van der Waals surface area (Å²) >= 11 is 0. The second kappa shape index (κ2) is 1.78. The zero-order valence-electron chi connectivity index (χ0n) is 6.55. The van der Waals surface area contributed by atoms with Crippen molar-refractivity contribution in [2.24, 2.45) is 23.7 Å². The highest BCUT2D eigenvalue weighted by Gasteiger charge is 2.48. The smallest absolute Gasteiger partial charge is 0.0355 e. The van der Waals surface area contributed by atoms with Crippen LogP contribution < -0.4 is 0 Å². The topological polar surface area (TPSA) is 0 Å². The van der Waals surface area contributed by atoms with E-state index in [0.29, 0.717) is 0 Å². The van der Waals surface area contributed by atoms with Gasteiger partial charge in [-0.2, -0.15) is 0 Å². The van der Waals surface area contributed by atoms with Crippen molar-refractivity contribution in [1.82, 2.24) is 0 Å². The summed E-state index contributed by atoms with van der Waals surface area (Å²) in [6, 6.07) is 0. The predicted molar refractivity (Wildman–Crippen MR) is 41.7 cm³/mol. The van der Waals surface area contributed by atoms with Crippen molar-refractivity contribution in [3.8, 4) is 0 Å². The van der Waals surface area contributed by atoms with Crippen LogP contribution in [0, 0.1) is 23.7 Å². The molecule has 0 radical (unpaired) electrons. The van der Waals surface area contributed by atoms with Gasteiger partial charge in [0.2, 0.25) is 0 Å². The lowest BCUT2D eigenvalue weighted by Crippen LogP contribution is -2.15. The molecule has 0 heterocycles. The van der Waals surface area contributed by atoms with Crippen LogP contribution in [0.15, 0.2) is 0 Å². The fourth-order valence-electron chi connectivity index (χ4n) is 4.02. The largest absolute Gasteiger partial charge is 0.0527 e. The van der Waals surface area contributed by atoms with Crippen LogP contribution in [0.3, 0.4) is 0 Å². The summed E-state index contributed by atoms with van der Waals surface area (Å²) < 4.78 is 0. The third-order valence-corrected chi connectivity index (χ3v) is 4.35. The Morgan fingerprint density at radius 2 is 1.30 bits per heavy atom. The molecule has 3 aliphatic carbocycles. The van der Waals surface area contributed by atoms with Gasteiger partial charge in [-0.15, -0.1) is 0 Å². The highest BCUT2D eigenvalue weighted by Crippen LogP contribution is 2.58. The molecule has 3 aliphatic rings. The third-order valence-electron chi connectivity index (χ3n) is 4.35. The van der Waals surface area contributed by atoms with Crippen molar-refractivity contribution >= 4 is 0 Å².